The van der Waals surface area contributed by atoms with Crippen LogP contribution in [-0.4, -0.2) is 29.4 Å². The fraction of sp³-hybridized carbons (Fsp3) is 0.364. The van der Waals surface area contributed by atoms with Crippen LogP contribution in [0.4, 0.5) is 0 Å². The average Bonchev–Trinajstić information content (AvgIpc) is 2.72. The molecule has 4 heteroatoms. The van der Waals surface area contributed by atoms with Crippen molar-refractivity contribution in [2.45, 2.75) is 6.42 Å². The van der Waals surface area contributed by atoms with Gasteiger partial charge in [0.2, 0.25) is 0 Å². The molecule has 0 saturated heterocycles. The van der Waals surface area contributed by atoms with Crippen molar-refractivity contribution in [3.63, 3.8) is 0 Å². The number of benzene rings is 1. The molecular weight excluding hydrogens is 208 g/mol. The van der Waals surface area contributed by atoms with Crippen LogP contribution in [0.3, 0.4) is 0 Å². The maximum atomic E-state index is 5.25. The third kappa shape index (κ3) is 2.52. The van der Waals surface area contributed by atoms with E-state index in [0.717, 1.165) is 29.9 Å². The Morgan fingerprint density at radius 2 is 2.33 bits per heavy atom. The van der Waals surface area contributed by atoms with Gasteiger partial charge in [0.05, 0.1) is 0 Å². The molecule has 1 heterocycles. The lowest BCUT2D eigenvalue weighted by atomic mass is 10.1. The Bertz CT molecular complexity index is 441. The Morgan fingerprint density at radius 3 is 3.13 bits per heavy atom. The summed E-state index contributed by atoms with van der Waals surface area (Å²) >= 11 is 4.21. The molecule has 0 spiro atoms. The summed E-state index contributed by atoms with van der Waals surface area (Å²) < 4.78 is 5.25. The van der Waals surface area contributed by atoms with Gasteiger partial charge >= 0.3 is 0 Å². The van der Waals surface area contributed by atoms with Crippen molar-refractivity contribution in [2.75, 3.05) is 19.5 Å². The van der Waals surface area contributed by atoms with Gasteiger partial charge < -0.3 is 4.42 Å². The van der Waals surface area contributed by atoms with Crippen molar-refractivity contribution < 1.29 is 4.42 Å². The van der Waals surface area contributed by atoms with E-state index in [1.54, 1.807) is 0 Å². The third-order valence-corrected chi connectivity index (χ3v) is 2.90. The Labute approximate surface area is 94.5 Å². The highest BCUT2D eigenvalue weighted by molar-refractivity contribution is 7.80. The molecule has 1 aromatic heterocycles. The number of likely N-dealkylation sites (N-methyl/N-ethyl adjacent to an activating group) is 1. The molecule has 15 heavy (non-hydrogen) atoms. The van der Waals surface area contributed by atoms with Crippen molar-refractivity contribution in [1.82, 2.24) is 9.88 Å². The Morgan fingerprint density at radius 1 is 1.47 bits per heavy atom. The highest BCUT2D eigenvalue weighted by Gasteiger charge is 2.01. The molecule has 2 rings (SSSR count). The van der Waals surface area contributed by atoms with Crippen LogP contribution < -0.4 is 0 Å². The molecule has 0 bridgehead atoms. The summed E-state index contributed by atoms with van der Waals surface area (Å²) in [4.78, 5) is 6.24. The zero-order valence-electron chi connectivity index (χ0n) is 8.68. The number of rotatable bonds is 4. The van der Waals surface area contributed by atoms with Crippen LogP contribution in [0.5, 0.6) is 0 Å². The second-order valence-corrected chi connectivity index (χ2v) is 3.91. The zero-order valence-corrected chi connectivity index (χ0v) is 9.58. The van der Waals surface area contributed by atoms with Crippen LogP contribution in [0.25, 0.3) is 11.1 Å². The van der Waals surface area contributed by atoms with Gasteiger partial charge in [0.1, 0.15) is 5.52 Å². The molecule has 2 aromatic rings. The van der Waals surface area contributed by atoms with Gasteiger partial charge in [-0.2, -0.15) is 12.6 Å². The summed E-state index contributed by atoms with van der Waals surface area (Å²) in [5, 5.41) is 0. The van der Waals surface area contributed by atoms with Crippen molar-refractivity contribution in [2.24, 2.45) is 0 Å². The third-order valence-electron chi connectivity index (χ3n) is 2.42. The molecule has 0 amide bonds. The summed E-state index contributed by atoms with van der Waals surface area (Å²) in [6.45, 7) is 1.00. The van der Waals surface area contributed by atoms with Crippen LogP contribution in [0.2, 0.25) is 0 Å². The average molecular weight is 222 g/mol. The number of hydrogen-bond acceptors (Lipinski definition) is 4. The van der Waals surface area contributed by atoms with Crippen LogP contribution in [0.15, 0.2) is 29.0 Å². The molecule has 0 N–H and O–H groups in total. The lowest BCUT2D eigenvalue weighted by molar-refractivity contribution is 0.399. The fourth-order valence-corrected chi connectivity index (χ4v) is 1.59. The van der Waals surface area contributed by atoms with Crippen molar-refractivity contribution >= 4 is 23.7 Å². The molecule has 1 aromatic carbocycles. The van der Waals surface area contributed by atoms with Crippen LogP contribution >= 0.6 is 12.6 Å². The van der Waals surface area contributed by atoms with Gasteiger partial charge in [-0.05, 0) is 31.2 Å². The Hall–Kier alpha value is -1.00. The summed E-state index contributed by atoms with van der Waals surface area (Å²) in [7, 11) is 2.06. The minimum atomic E-state index is 0.782. The lowest BCUT2D eigenvalue weighted by Gasteiger charge is -2.12. The predicted molar refractivity (Wildman–Crippen MR) is 64.2 cm³/mol. The van der Waals surface area contributed by atoms with Gasteiger partial charge in [-0.15, -0.1) is 0 Å². The Balaban J connectivity index is 2.08. The summed E-state index contributed by atoms with van der Waals surface area (Å²) in [5.74, 6) is 0.782. The van der Waals surface area contributed by atoms with Gasteiger partial charge in [-0.25, -0.2) is 4.98 Å². The van der Waals surface area contributed by atoms with Crippen molar-refractivity contribution in [3.8, 4) is 0 Å². The number of thiol groups is 1. The molecule has 3 nitrogen and oxygen atoms in total. The van der Waals surface area contributed by atoms with Crippen LogP contribution in [0.1, 0.15) is 5.56 Å². The van der Waals surface area contributed by atoms with Gasteiger partial charge in [0.15, 0.2) is 12.0 Å². The first-order chi connectivity index (χ1) is 7.29. The molecule has 80 valence electrons. The van der Waals surface area contributed by atoms with Gasteiger partial charge in [0.25, 0.3) is 0 Å². The smallest absolute Gasteiger partial charge is 0.181 e. The van der Waals surface area contributed by atoms with E-state index in [1.807, 2.05) is 6.07 Å². The predicted octanol–water partition coefficient (Wildman–Crippen LogP) is 2.19. The number of hydrogen-bond donors (Lipinski definition) is 1. The number of aromatic nitrogens is 1. The van der Waals surface area contributed by atoms with Crippen LogP contribution in [-0.2, 0) is 6.42 Å². The molecule has 0 aliphatic heterocycles. The maximum absolute atomic E-state index is 5.25. The molecule has 0 aliphatic rings. The second kappa shape index (κ2) is 4.68. The highest BCUT2D eigenvalue weighted by atomic mass is 32.1. The Kier molecular flexibility index (Phi) is 3.28. The molecule has 0 fully saturated rings. The topological polar surface area (TPSA) is 29.3 Å². The molecule has 0 radical (unpaired) electrons. The quantitative estimate of drug-likeness (QED) is 0.635. The van der Waals surface area contributed by atoms with Crippen LogP contribution in [0, 0.1) is 0 Å². The summed E-state index contributed by atoms with van der Waals surface area (Å²) in [6.07, 6.45) is 2.49. The second-order valence-electron chi connectivity index (χ2n) is 3.63. The van der Waals surface area contributed by atoms with E-state index in [9.17, 15) is 0 Å². The first-order valence-electron chi connectivity index (χ1n) is 4.91. The van der Waals surface area contributed by atoms with Gasteiger partial charge in [-0.3, -0.25) is 4.90 Å². The van der Waals surface area contributed by atoms with E-state index in [-0.39, 0.29) is 0 Å². The van der Waals surface area contributed by atoms with E-state index < -0.39 is 0 Å². The first kappa shape index (κ1) is 10.5. The van der Waals surface area contributed by atoms with Gasteiger partial charge in [-0.1, -0.05) is 6.07 Å². The van der Waals surface area contributed by atoms with Crippen molar-refractivity contribution in [3.05, 3.63) is 30.2 Å². The molecule has 0 unspecified atom stereocenters. The largest absolute Gasteiger partial charge is 0.443 e. The normalized spacial score (nSPS) is 11.4. The van der Waals surface area contributed by atoms with Gasteiger partial charge in [0, 0.05) is 12.4 Å². The van der Waals surface area contributed by atoms with Crippen molar-refractivity contribution in [1.29, 1.82) is 0 Å². The maximum Gasteiger partial charge on any atom is 0.181 e. The van der Waals surface area contributed by atoms with E-state index >= 15 is 0 Å². The first-order valence-corrected chi connectivity index (χ1v) is 5.54. The molecule has 0 aliphatic carbocycles. The lowest BCUT2D eigenvalue weighted by Crippen LogP contribution is -2.19. The monoisotopic (exact) mass is 222 g/mol. The summed E-state index contributed by atoms with van der Waals surface area (Å²) in [6, 6.07) is 6.14. The minimum Gasteiger partial charge on any atom is -0.443 e. The number of oxazole rings is 1. The van der Waals surface area contributed by atoms with E-state index in [1.165, 1.54) is 12.0 Å². The van der Waals surface area contributed by atoms with E-state index in [4.69, 9.17) is 4.42 Å². The standard InChI is InChI=1S/C11H14N2OS/c1-13(8-15)5-4-9-2-3-10-11(6-9)14-7-12-10/h2-3,6-7,15H,4-5,8H2,1H3. The highest BCUT2D eigenvalue weighted by Crippen LogP contribution is 2.14. The molecular formula is C11H14N2OS. The number of fused-ring (bicyclic) bond motifs is 1. The zero-order chi connectivity index (χ0) is 10.7. The SMILES string of the molecule is CN(CS)CCc1ccc2ncoc2c1. The summed E-state index contributed by atoms with van der Waals surface area (Å²) in [5.41, 5.74) is 3.05. The number of nitrogens with zero attached hydrogens (tertiary/aromatic N) is 2. The fourth-order valence-electron chi connectivity index (χ4n) is 1.45. The van der Waals surface area contributed by atoms with E-state index in [0.29, 0.717) is 0 Å². The molecule has 0 atom stereocenters. The minimum absolute atomic E-state index is 0.782. The van der Waals surface area contributed by atoms with E-state index in [2.05, 4.69) is 41.7 Å². The molecule has 0 saturated carbocycles.